The molecule has 0 saturated carbocycles. The molecular weight excluding hydrogens is 357 g/mol. The first-order valence-corrected chi connectivity index (χ1v) is 9.60. The molecule has 0 unspecified atom stereocenters. The number of benzene rings is 1. The normalized spacial score (nSPS) is 23.2. The fourth-order valence-corrected chi connectivity index (χ4v) is 4.93. The van der Waals surface area contributed by atoms with Crippen LogP contribution >= 0.6 is 0 Å². The Hall–Kier alpha value is -1.61. The second kappa shape index (κ2) is 6.60. The number of alkyl halides is 3. The van der Waals surface area contributed by atoms with Crippen LogP contribution in [0.5, 0.6) is 0 Å². The fraction of sp³-hybridized carbons (Fsp3) is 0.562. The van der Waals surface area contributed by atoms with E-state index in [4.69, 9.17) is 0 Å². The number of amides is 1. The zero-order valence-corrected chi connectivity index (χ0v) is 14.3. The molecule has 5 nitrogen and oxygen atoms in total. The van der Waals surface area contributed by atoms with Gasteiger partial charge in [-0.2, -0.15) is 17.5 Å². The maximum atomic E-state index is 12.7. The van der Waals surface area contributed by atoms with Crippen LogP contribution in [-0.4, -0.2) is 49.2 Å². The van der Waals surface area contributed by atoms with E-state index in [1.165, 1.54) is 4.31 Å². The van der Waals surface area contributed by atoms with Gasteiger partial charge < -0.3 is 4.90 Å². The number of nitrogens with zero attached hydrogens (tertiary/aromatic N) is 2. The number of piperidine rings is 1. The topological polar surface area (TPSA) is 57.7 Å². The lowest BCUT2D eigenvalue weighted by atomic mass is 10.1. The third-order valence-electron chi connectivity index (χ3n) is 4.73. The van der Waals surface area contributed by atoms with Gasteiger partial charge in [0.1, 0.15) is 0 Å². The number of hydrogen-bond donors (Lipinski definition) is 0. The van der Waals surface area contributed by atoms with Crippen LogP contribution in [0.3, 0.4) is 0 Å². The summed E-state index contributed by atoms with van der Waals surface area (Å²) in [5, 5.41) is 0. The molecule has 2 aliphatic heterocycles. The molecule has 2 saturated heterocycles. The molecule has 3 rings (SSSR count). The van der Waals surface area contributed by atoms with Gasteiger partial charge in [0.05, 0.1) is 10.5 Å². The van der Waals surface area contributed by atoms with Gasteiger partial charge in [-0.15, -0.1) is 0 Å². The quantitative estimate of drug-likeness (QED) is 0.814. The van der Waals surface area contributed by atoms with Crippen molar-refractivity contribution >= 4 is 15.9 Å². The monoisotopic (exact) mass is 376 g/mol. The molecule has 25 heavy (non-hydrogen) atoms. The summed E-state index contributed by atoms with van der Waals surface area (Å²) >= 11 is 0. The Balaban J connectivity index is 1.78. The van der Waals surface area contributed by atoms with E-state index < -0.39 is 21.8 Å². The van der Waals surface area contributed by atoms with Crippen LogP contribution in [0, 0.1) is 0 Å². The molecule has 138 valence electrons. The van der Waals surface area contributed by atoms with Gasteiger partial charge in [0.25, 0.3) is 0 Å². The highest BCUT2D eigenvalue weighted by atomic mass is 32.2. The number of sulfonamides is 1. The lowest BCUT2D eigenvalue weighted by Gasteiger charge is -2.36. The molecule has 2 aliphatic rings. The minimum absolute atomic E-state index is 0.0405. The van der Waals surface area contributed by atoms with Crippen LogP contribution in [0.15, 0.2) is 29.2 Å². The molecule has 0 N–H and O–H groups in total. The van der Waals surface area contributed by atoms with Crippen molar-refractivity contribution in [3.63, 3.8) is 0 Å². The first-order valence-electron chi connectivity index (χ1n) is 8.16. The molecule has 0 aliphatic carbocycles. The summed E-state index contributed by atoms with van der Waals surface area (Å²) in [7, 11) is -3.88. The fourth-order valence-electron chi connectivity index (χ4n) is 3.41. The van der Waals surface area contributed by atoms with E-state index in [9.17, 15) is 26.4 Å². The number of carbonyl (C=O) groups excluding carboxylic acids is 1. The molecule has 0 spiro atoms. The molecule has 0 radical (unpaired) electrons. The molecule has 2 heterocycles. The molecular formula is C16H19F3N2O3S. The maximum Gasteiger partial charge on any atom is 0.416 e. The predicted octanol–water partition coefficient (Wildman–Crippen LogP) is 2.48. The summed E-state index contributed by atoms with van der Waals surface area (Å²) in [6.45, 7) is 1.13. The summed E-state index contributed by atoms with van der Waals surface area (Å²) in [4.78, 5) is 13.5. The molecule has 9 heteroatoms. The smallest absolute Gasteiger partial charge is 0.338 e. The van der Waals surface area contributed by atoms with Gasteiger partial charge in [0.15, 0.2) is 0 Å². The van der Waals surface area contributed by atoms with Crippen LogP contribution in [0.4, 0.5) is 13.2 Å². The maximum absolute atomic E-state index is 12.7. The second-order valence-electron chi connectivity index (χ2n) is 6.37. The van der Waals surface area contributed by atoms with Crippen molar-refractivity contribution in [3.05, 3.63) is 29.8 Å². The number of hydrogen-bond acceptors (Lipinski definition) is 3. The van der Waals surface area contributed by atoms with Crippen LogP contribution in [0.2, 0.25) is 0 Å². The summed E-state index contributed by atoms with van der Waals surface area (Å²) in [6, 6.07) is 3.37. The Morgan fingerprint density at radius 2 is 1.72 bits per heavy atom. The molecule has 0 aromatic heterocycles. The third-order valence-corrected chi connectivity index (χ3v) is 6.61. The van der Waals surface area contributed by atoms with E-state index in [0.29, 0.717) is 25.9 Å². The Morgan fingerprint density at radius 1 is 1.04 bits per heavy atom. The molecule has 1 aromatic rings. The zero-order valence-electron chi connectivity index (χ0n) is 13.5. The van der Waals surface area contributed by atoms with Crippen LogP contribution < -0.4 is 0 Å². The molecule has 2 fully saturated rings. The number of halogens is 3. The summed E-state index contributed by atoms with van der Waals surface area (Å²) in [6.07, 6.45) is -1.88. The number of carbonyl (C=O) groups is 1. The van der Waals surface area contributed by atoms with Crippen LogP contribution in [0.25, 0.3) is 0 Å². The standard InChI is InChI=1S/C16H19F3N2O3S/c17-16(18,19)12-5-7-14(8-6-12)25(23,24)20-9-1-3-13(11-20)21-10-2-4-15(21)22/h5-8,13H,1-4,9-11H2/t13-/m1/s1. The van der Waals surface area contributed by atoms with Crippen molar-refractivity contribution in [2.45, 2.75) is 42.8 Å². The third kappa shape index (κ3) is 3.67. The highest BCUT2D eigenvalue weighted by Gasteiger charge is 2.36. The lowest BCUT2D eigenvalue weighted by Crippen LogP contribution is -2.50. The highest BCUT2D eigenvalue weighted by molar-refractivity contribution is 7.89. The zero-order chi connectivity index (χ0) is 18.2. The summed E-state index contributed by atoms with van der Waals surface area (Å²) < 4.78 is 64.6. The Bertz CT molecular complexity index is 747. The number of likely N-dealkylation sites (tertiary alicyclic amines) is 1. The van der Waals surface area contributed by atoms with Crippen molar-refractivity contribution in [2.75, 3.05) is 19.6 Å². The first kappa shape index (κ1) is 18.2. The van der Waals surface area contributed by atoms with Crippen LogP contribution in [0.1, 0.15) is 31.2 Å². The van der Waals surface area contributed by atoms with E-state index in [1.54, 1.807) is 4.90 Å². The average Bonchev–Trinajstić information content (AvgIpc) is 3.00. The minimum atomic E-state index is -4.51. The van der Waals surface area contributed by atoms with E-state index >= 15 is 0 Å². The van der Waals surface area contributed by atoms with E-state index in [-0.39, 0.29) is 23.4 Å². The highest BCUT2D eigenvalue weighted by Crippen LogP contribution is 2.31. The van der Waals surface area contributed by atoms with Gasteiger partial charge in [-0.05, 0) is 43.5 Å². The minimum Gasteiger partial charge on any atom is -0.338 e. The lowest BCUT2D eigenvalue weighted by molar-refractivity contribution is -0.137. The molecule has 0 bridgehead atoms. The average molecular weight is 376 g/mol. The molecule has 1 aromatic carbocycles. The van der Waals surface area contributed by atoms with Gasteiger partial charge >= 0.3 is 6.18 Å². The summed E-state index contributed by atoms with van der Waals surface area (Å²) in [5.74, 6) is 0.0405. The van der Waals surface area contributed by atoms with Crippen molar-refractivity contribution < 1.29 is 26.4 Å². The molecule has 1 atom stereocenters. The van der Waals surface area contributed by atoms with Crippen molar-refractivity contribution in [1.29, 1.82) is 0 Å². The van der Waals surface area contributed by atoms with Gasteiger partial charge in [-0.1, -0.05) is 0 Å². The Kier molecular flexibility index (Phi) is 4.80. The van der Waals surface area contributed by atoms with Crippen molar-refractivity contribution in [1.82, 2.24) is 9.21 Å². The van der Waals surface area contributed by atoms with Gasteiger partial charge in [-0.3, -0.25) is 4.79 Å². The van der Waals surface area contributed by atoms with Gasteiger partial charge in [0, 0.05) is 32.1 Å². The predicted molar refractivity (Wildman–Crippen MR) is 84.2 cm³/mol. The van der Waals surface area contributed by atoms with Crippen LogP contribution in [-0.2, 0) is 21.0 Å². The SMILES string of the molecule is O=C1CCCN1[C@@H]1CCCN(S(=O)(=O)c2ccc(C(F)(F)F)cc2)C1. The largest absolute Gasteiger partial charge is 0.416 e. The van der Waals surface area contributed by atoms with E-state index in [2.05, 4.69) is 0 Å². The molecule has 1 amide bonds. The van der Waals surface area contributed by atoms with Crippen molar-refractivity contribution in [3.8, 4) is 0 Å². The van der Waals surface area contributed by atoms with E-state index in [1.807, 2.05) is 0 Å². The van der Waals surface area contributed by atoms with Gasteiger partial charge in [0.2, 0.25) is 15.9 Å². The van der Waals surface area contributed by atoms with Gasteiger partial charge in [-0.25, -0.2) is 8.42 Å². The second-order valence-corrected chi connectivity index (χ2v) is 8.31. The Labute approximate surface area is 144 Å². The summed E-state index contributed by atoms with van der Waals surface area (Å²) in [5.41, 5.74) is -0.884. The van der Waals surface area contributed by atoms with E-state index in [0.717, 1.165) is 37.1 Å². The van der Waals surface area contributed by atoms with Crippen molar-refractivity contribution in [2.24, 2.45) is 0 Å². The number of rotatable bonds is 3. The Morgan fingerprint density at radius 3 is 2.28 bits per heavy atom. The first-order chi connectivity index (χ1) is 11.7.